The van der Waals surface area contributed by atoms with E-state index in [-0.39, 0.29) is 0 Å². The Hall–Kier alpha value is -3.06. The van der Waals surface area contributed by atoms with Crippen molar-refractivity contribution in [1.29, 1.82) is 5.26 Å². The van der Waals surface area contributed by atoms with Gasteiger partial charge in [0.15, 0.2) is 0 Å². The van der Waals surface area contributed by atoms with Gasteiger partial charge >= 0.3 is 0 Å². The Labute approximate surface area is 128 Å². The zero-order chi connectivity index (χ0) is 15.5. The van der Waals surface area contributed by atoms with Gasteiger partial charge in [0.1, 0.15) is 17.6 Å². The third-order valence-corrected chi connectivity index (χ3v) is 3.64. The number of hydrogen-bond donors (Lipinski definition) is 1. The van der Waals surface area contributed by atoms with Crippen LogP contribution in [0.5, 0.6) is 5.75 Å². The number of allylic oxidation sites excluding steroid dienone is 2. The third-order valence-electron chi connectivity index (χ3n) is 3.64. The van der Waals surface area contributed by atoms with E-state index in [1.165, 1.54) is 0 Å². The van der Waals surface area contributed by atoms with E-state index in [0.717, 1.165) is 27.9 Å². The molecule has 0 amide bonds. The fourth-order valence-corrected chi connectivity index (χ4v) is 2.37. The lowest BCUT2D eigenvalue weighted by Crippen LogP contribution is -1.91. The molecule has 0 bridgehead atoms. The summed E-state index contributed by atoms with van der Waals surface area (Å²) in [4.78, 5) is 7.71. The maximum atomic E-state index is 9.54. The predicted molar refractivity (Wildman–Crippen MR) is 87.2 cm³/mol. The Morgan fingerprint density at radius 1 is 1.14 bits per heavy atom. The minimum atomic E-state index is 0.543. The fourth-order valence-electron chi connectivity index (χ4n) is 2.37. The molecule has 108 valence electrons. The molecular weight excluding hydrogens is 274 g/mol. The van der Waals surface area contributed by atoms with Crippen molar-refractivity contribution >= 4 is 22.2 Å². The summed E-state index contributed by atoms with van der Waals surface area (Å²) in [7, 11) is 1.63. The summed E-state index contributed by atoms with van der Waals surface area (Å²) in [6, 6.07) is 17.6. The van der Waals surface area contributed by atoms with Crippen molar-refractivity contribution in [3.8, 4) is 11.8 Å². The predicted octanol–water partition coefficient (Wildman–Crippen LogP) is 4.03. The molecule has 1 N–H and O–H groups in total. The van der Waals surface area contributed by atoms with Crippen LogP contribution in [0.25, 0.3) is 22.2 Å². The van der Waals surface area contributed by atoms with Gasteiger partial charge in [-0.1, -0.05) is 24.3 Å². The smallest absolute Gasteiger partial charge is 0.149 e. The summed E-state index contributed by atoms with van der Waals surface area (Å²) in [6.07, 6.45) is 0. The van der Waals surface area contributed by atoms with E-state index in [1.807, 2.05) is 55.5 Å². The van der Waals surface area contributed by atoms with Gasteiger partial charge in [-0.2, -0.15) is 5.26 Å². The summed E-state index contributed by atoms with van der Waals surface area (Å²) < 4.78 is 5.16. The topological polar surface area (TPSA) is 61.7 Å². The summed E-state index contributed by atoms with van der Waals surface area (Å²) in [5.74, 6) is 1.39. The summed E-state index contributed by atoms with van der Waals surface area (Å²) in [6.45, 7) is 1.92. The molecule has 0 aliphatic carbocycles. The number of fused-ring (bicyclic) bond motifs is 1. The lowest BCUT2D eigenvalue weighted by molar-refractivity contribution is 0.415. The van der Waals surface area contributed by atoms with E-state index < -0.39 is 0 Å². The Kier molecular flexibility index (Phi) is 3.63. The van der Waals surface area contributed by atoms with Gasteiger partial charge in [-0.3, -0.25) is 0 Å². The van der Waals surface area contributed by atoms with Gasteiger partial charge in [-0.05, 0) is 42.3 Å². The molecule has 4 heteroatoms. The number of nitriles is 1. The molecule has 4 nitrogen and oxygen atoms in total. The molecule has 0 saturated heterocycles. The number of ether oxygens (including phenoxy) is 1. The molecule has 1 heterocycles. The normalized spacial score (nSPS) is 11.9. The number of hydrogen-bond acceptors (Lipinski definition) is 3. The van der Waals surface area contributed by atoms with Crippen LogP contribution < -0.4 is 4.74 Å². The molecule has 0 unspecified atom stereocenters. The van der Waals surface area contributed by atoms with Crippen molar-refractivity contribution in [2.75, 3.05) is 7.11 Å². The van der Waals surface area contributed by atoms with Crippen molar-refractivity contribution in [3.63, 3.8) is 0 Å². The first kappa shape index (κ1) is 13.9. The largest absolute Gasteiger partial charge is 0.497 e. The van der Waals surface area contributed by atoms with E-state index in [0.29, 0.717) is 11.4 Å². The number of aromatic nitrogens is 2. The highest BCUT2D eigenvalue weighted by atomic mass is 16.5. The second kappa shape index (κ2) is 5.74. The Morgan fingerprint density at radius 2 is 1.86 bits per heavy atom. The lowest BCUT2D eigenvalue weighted by Gasteiger charge is -2.05. The molecular formula is C18H15N3O. The minimum Gasteiger partial charge on any atom is -0.497 e. The first-order valence-electron chi connectivity index (χ1n) is 6.93. The second-order valence-corrected chi connectivity index (χ2v) is 4.94. The molecule has 2 aromatic carbocycles. The van der Waals surface area contributed by atoms with Gasteiger partial charge in [0, 0.05) is 0 Å². The quantitative estimate of drug-likeness (QED) is 0.740. The van der Waals surface area contributed by atoms with Crippen molar-refractivity contribution in [1.82, 2.24) is 9.97 Å². The first-order valence-corrected chi connectivity index (χ1v) is 6.93. The van der Waals surface area contributed by atoms with Crippen LogP contribution in [0.15, 0.2) is 48.5 Å². The van der Waals surface area contributed by atoms with Crippen LogP contribution in [0.1, 0.15) is 18.3 Å². The van der Waals surface area contributed by atoms with Crippen LogP contribution in [0.3, 0.4) is 0 Å². The van der Waals surface area contributed by atoms with E-state index in [2.05, 4.69) is 16.0 Å². The number of rotatable bonds is 3. The van der Waals surface area contributed by atoms with Crippen molar-refractivity contribution in [3.05, 3.63) is 59.9 Å². The average molecular weight is 289 g/mol. The molecule has 0 fully saturated rings. The third kappa shape index (κ3) is 2.45. The number of nitrogens with zero attached hydrogens (tertiary/aromatic N) is 2. The Morgan fingerprint density at radius 3 is 2.50 bits per heavy atom. The Bertz CT molecular complexity index is 850. The number of H-pyrrole nitrogens is 1. The lowest BCUT2D eigenvalue weighted by atomic mass is 10.0. The monoisotopic (exact) mass is 289 g/mol. The summed E-state index contributed by atoms with van der Waals surface area (Å²) in [5.41, 5.74) is 4.17. The Balaban J connectivity index is 2.09. The van der Waals surface area contributed by atoms with E-state index in [4.69, 9.17) is 4.74 Å². The van der Waals surface area contributed by atoms with E-state index in [9.17, 15) is 5.26 Å². The van der Waals surface area contributed by atoms with Crippen LogP contribution in [-0.2, 0) is 0 Å². The van der Waals surface area contributed by atoms with Gasteiger partial charge in [-0.15, -0.1) is 0 Å². The number of aromatic amines is 1. The molecule has 0 saturated carbocycles. The molecule has 0 atom stereocenters. The van der Waals surface area contributed by atoms with Crippen LogP contribution in [0, 0.1) is 11.3 Å². The summed E-state index contributed by atoms with van der Waals surface area (Å²) >= 11 is 0. The van der Waals surface area contributed by atoms with Gasteiger partial charge < -0.3 is 9.72 Å². The highest BCUT2D eigenvalue weighted by Crippen LogP contribution is 2.26. The first-order chi connectivity index (χ1) is 10.7. The van der Waals surface area contributed by atoms with Gasteiger partial charge in [0.05, 0.1) is 23.7 Å². The zero-order valence-corrected chi connectivity index (χ0v) is 12.4. The highest BCUT2D eigenvalue weighted by Gasteiger charge is 2.12. The van der Waals surface area contributed by atoms with Crippen molar-refractivity contribution in [2.24, 2.45) is 0 Å². The number of methoxy groups -OCH3 is 1. The van der Waals surface area contributed by atoms with Gasteiger partial charge in [-0.25, -0.2) is 4.98 Å². The van der Waals surface area contributed by atoms with Gasteiger partial charge in [0.2, 0.25) is 0 Å². The molecule has 1 aromatic heterocycles. The molecule has 0 aliphatic rings. The molecule has 0 radical (unpaired) electrons. The maximum Gasteiger partial charge on any atom is 0.149 e. The van der Waals surface area contributed by atoms with Crippen LogP contribution in [-0.4, -0.2) is 17.1 Å². The molecule has 0 aliphatic heterocycles. The standard InChI is InChI=1S/C18H15N3O/c1-12(13-7-9-14(22-2)10-8-13)15(11-19)18-20-16-5-3-4-6-17(16)21-18/h3-10H,1-2H3,(H,20,21)/b15-12-. The number of imidazole rings is 1. The van der Waals surface area contributed by atoms with Gasteiger partial charge in [0.25, 0.3) is 0 Å². The average Bonchev–Trinajstić information content (AvgIpc) is 2.99. The zero-order valence-electron chi connectivity index (χ0n) is 12.4. The number of benzene rings is 2. The minimum absolute atomic E-state index is 0.543. The SMILES string of the molecule is COc1ccc(/C(C)=C(/C#N)c2nc3ccccc3[nH]2)cc1. The van der Waals surface area contributed by atoms with Crippen LogP contribution in [0.4, 0.5) is 0 Å². The van der Waals surface area contributed by atoms with E-state index >= 15 is 0 Å². The molecule has 3 rings (SSSR count). The van der Waals surface area contributed by atoms with Crippen molar-refractivity contribution < 1.29 is 4.74 Å². The van der Waals surface area contributed by atoms with Crippen LogP contribution in [0.2, 0.25) is 0 Å². The fraction of sp³-hybridized carbons (Fsp3) is 0.111. The number of nitrogens with one attached hydrogen (secondary N) is 1. The van der Waals surface area contributed by atoms with Crippen molar-refractivity contribution in [2.45, 2.75) is 6.92 Å². The maximum absolute atomic E-state index is 9.54. The molecule has 0 spiro atoms. The second-order valence-electron chi connectivity index (χ2n) is 4.94. The molecule has 22 heavy (non-hydrogen) atoms. The summed E-state index contributed by atoms with van der Waals surface area (Å²) in [5, 5.41) is 9.54. The molecule has 3 aromatic rings. The highest BCUT2D eigenvalue weighted by molar-refractivity contribution is 5.96. The van der Waals surface area contributed by atoms with E-state index in [1.54, 1.807) is 7.11 Å². The number of para-hydroxylation sites is 2. The van der Waals surface area contributed by atoms with Crippen LogP contribution >= 0.6 is 0 Å².